The lowest BCUT2D eigenvalue weighted by Crippen LogP contribution is -2.57. The largest absolute Gasteiger partial charge is 0.496 e. The Bertz CT molecular complexity index is 2580. The van der Waals surface area contributed by atoms with Gasteiger partial charge in [-0.3, -0.25) is 19.1 Å². The molecule has 2 saturated carbocycles. The van der Waals surface area contributed by atoms with Crippen molar-refractivity contribution >= 4 is 55.7 Å². The minimum atomic E-state index is -4.63. The molecule has 4 aromatic rings. The standard InChI is InChI=1S/C47H55F3N6O7S2/c1-7-9-10-11-12-16-35(51-31-15-13-14-30(21-31)47(48,49)50)44(58)56-25-32(22-38(56)42(57)54-46(24-29(46)8-2)45(59)55-65(60,61)33-17-18-33)63-40-23-36(43-53-37(26-64-43)27(3)4)52-41-28(5)39(62-6)20-19-34(40)41/h7-8,13-15,19-21,23,26-27,29,32-33,35,38,51H,1-2,9-12,16-18,22,24-25H2,3-6H3,(H,54,57)(H,55,59)/t29-,32-,35+,38+,46-/m1/s1. The number of rotatable bonds is 20. The fourth-order valence-electron chi connectivity index (χ4n) is 8.31. The number of unbranched alkanes of at least 4 members (excludes halogenated alkanes) is 3. The van der Waals surface area contributed by atoms with Gasteiger partial charge in [0.15, 0.2) is 0 Å². The molecule has 2 aliphatic carbocycles. The summed E-state index contributed by atoms with van der Waals surface area (Å²) in [5.74, 6) is -1.57. The number of carbonyl (C=O) groups is 3. The van der Waals surface area contributed by atoms with Crippen molar-refractivity contribution in [3.63, 3.8) is 0 Å². The first kappa shape index (κ1) is 47.5. The molecular formula is C47H55F3N6O7S2. The Morgan fingerprint density at radius 1 is 1.06 bits per heavy atom. The molecule has 3 heterocycles. The van der Waals surface area contributed by atoms with E-state index in [0.29, 0.717) is 58.8 Å². The molecule has 0 unspecified atom stereocenters. The summed E-state index contributed by atoms with van der Waals surface area (Å²) in [4.78, 5) is 54.5. The van der Waals surface area contributed by atoms with Crippen LogP contribution in [0.5, 0.6) is 11.5 Å². The Morgan fingerprint density at radius 3 is 2.48 bits per heavy atom. The van der Waals surface area contributed by atoms with E-state index in [1.807, 2.05) is 32.2 Å². The molecule has 18 heteroatoms. The van der Waals surface area contributed by atoms with Gasteiger partial charge in [0.25, 0.3) is 5.91 Å². The number of methoxy groups -OCH3 is 1. The zero-order chi connectivity index (χ0) is 46.8. The predicted octanol–water partition coefficient (Wildman–Crippen LogP) is 8.45. The number of halogens is 3. The van der Waals surface area contributed by atoms with Gasteiger partial charge in [0.1, 0.15) is 45.9 Å². The van der Waals surface area contributed by atoms with Crippen LogP contribution in [0.3, 0.4) is 0 Å². The number of fused-ring (bicyclic) bond motifs is 1. The highest BCUT2D eigenvalue weighted by Crippen LogP contribution is 2.46. The highest BCUT2D eigenvalue weighted by molar-refractivity contribution is 7.91. The lowest BCUT2D eigenvalue weighted by atomic mass is 10.0. The van der Waals surface area contributed by atoms with E-state index in [2.05, 4.69) is 28.5 Å². The Labute approximate surface area is 381 Å². The van der Waals surface area contributed by atoms with E-state index >= 15 is 0 Å². The number of anilines is 1. The number of hydrogen-bond acceptors (Lipinski definition) is 11. The molecule has 7 rings (SSSR count). The topological polar surface area (TPSA) is 169 Å². The number of sulfonamides is 1. The molecule has 3 fully saturated rings. The number of carbonyl (C=O) groups excluding carboxylic acids is 3. The molecule has 0 spiro atoms. The summed E-state index contributed by atoms with van der Waals surface area (Å²) in [6, 6.07) is 7.67. The first-order valence-corrected chi connectivity index (χ1v) is 24.3. The van der Waals surface area contributed by atoms with Crippen LogP contribution in [-0.2, 0) is 30.6 Å². The molecule has 2 aromatic carbocycles. The van der Waals surface area contributed by atoms with Crippen molar-refractivity contribution in [1.82, 2.24) is 24.9 Å². The van der Waals surface area contributed by atoms with E-state index in [0.717, 1.165) is 36.2 Å². The third-order valence-electron chi connectivity index (χ3n) is 12.3. The first-order chi connectivity index (χ1) is 30.9. The van der Waals surface area contributed by atoms with Gasteiger partial charge in [-0.05, 0) is 81.7 Å². The lowest BCUT2D eigenvalue weighted by Gasteiger charge is -2.30. The summed E-state index contributed by atoms with van der Waals surface area (Å²) < 4.78 is 81.9. The summed E-state index contributed by atoms with van der Waals surface area (Å²) >= 11 is 1.44. The summed E-state index contributed by atoms with van der Waals surface area (Å²) in [6.07, 6.45) is 1.69. The van der Waals surface area contributed by atoms with Crippen molar-refractivity contribution in [3.05, 3.63) is 90.0 Å². The van der Waals surface area contributed by atoms with Gasteiger partial charge in [-0.1, -0.05) is 44.9 Å². The summed E-state index contributed by atoms with van der Waals surface area (Å²) in [7, 11) is -2.41. The van der Waals surface area contributed by atoms with E-state index in [4.69, 9.17) is 19.4 Å². The maximum Gasteiger partial charge on any atom is 0.416 e. The third-order valence-corrected chi connectivity index (χ3v) is 15.0. The first-order valence-electron chi connectivity index (χ1n) is 21.9. The van der Waals surface area contributed by atoms with Gasteiger partial charge in [-0.25, -0.2) is 18.4 Å². The second-order valence-corrected chi connectivity index (χ2v) is 20.2. The van der Waals surface area contributed by atoms with Crippen LogP contribution in [0.4, 0.5) is 18.9 Å². The van der Waals surface area contributed by atoms with Crippen LogP contribution in [-0.4, -0.2) is 83.6 Å². The highest BCUT2D eigenvalue weighted by atomic mass is 32.2. The Balaban J connectivity index is 1.25. The van der Waals surface area contributed by atoms with Crippen molar-refractivity contribution in [2.45, 2.75) is 120 Å². The Morgan fingerprint density at radius 2 is 1.83 bits per heavy atom. The van der Waals surface area contributed by atoms with E-state index in [9.17, 15) is 36.0 Å². The average molecular weight is 937 g/mol. The number of alkyl halides is 3. The number of pyridine rings is 1. The van der Waals surface area contributed by atoms with Crippen LogP contribution in [0.2, 0.25) is 0 Å². The van der Waals surface area contributed by atoms with Gasteiger partial charge in [-0.2, -0.15) is 13.2 Å². The van der Waals surface area contributed by atoms with Crippen LogP contribution in [0.1, 0.15) is 94.4 Å². The van der Waals surface area contributed by atoms with Gasteiger partial charge in [0.2, 0.25) is 21.8 Å². The molecule has 0 bridgehead atoms. The highest BCUT2D eigenvalue weighted by Gasteiger charge is 2.62. The predicted molar refractivity (Wildman–Crippen MR) is 244 cm³/mol. The number of allylic oxidation sites excluding steroid dienone is 1. The second-order valence-electron chi connectivity index (χ2n) is 17.4. The van der Waals surface area contributed by atoms with E-state index in [-0.39, 0.29) is 37.4 Å². The molecule has 65 heavy (non-hydrogen) atoms. The number of nitrogens with one attached hydrogen (secondary N) is 3. The average Bonchev–Trinajstić information content (AvgIpc) is 4.15. The molecule has 2 aromatic heterocycles. The van der Waals surface area contributed by atoms with Crippen LogP contribution in [0.25, 0.3) is 21.6 Å². The second kappa shape index (κ2) is 19.2. The number of aryl methyl sites for hydroxylation is 1. The smallest absolute Gasteiger partial charge is 0.416 e. The number of ether oxygens (including phenoxy) is 2. The van der Waals surface area contributed by atoms with E-state index in [1.54, 1.807) is 25.3 Å². The summed E-state index contributed by atoms with van der Waals surface area (Å²) in [5, 5.41) is 8.44. The number of nitrogens with zero attached hydrogens (tertiary/aromatic N) is 3. The van der Waals surface area contributed by atoms with Crippen molar-refractivity contribution in [2.24, 2.45) is 5.92 Å². The molecule has 3 amide bonds. The lowest BCUT2D eigenvalue weighted by molar-refractivity contribution is -0.140. The Hall–Kier alpha value is -5.49. The molecule has 0 radical (unpaired) electrons. The summed E-state index contributed by atoms with van der Waals surface area (Å²) in [5.41, 5.74) is 0.332. The molecular weight excluding hydrogens is 882 g/mol. The van der Waals surface area contributed by atoms with Crippen molar-refractivity contribution in [3.8, 4) is 22.2 Å². The number of aromatic nitrogens is 2. The van der Waals surface area contributed by atoms with Crippen molar-refractivity contribution in [2.75, 3.05) is 19.0 Å². The number of likely N-dealkylation sites (tertiary alicyclic amines) is 1. The number of thiazole rings is 1. The number of hydrogen-bond donors (Lipinski definition) is 3. The zero-order valence-corrected chi connectivity index (χ0v) is 38.5. The molecule has 1 aliphatic heterocycles. The van der Waals surface area contributed by atoms with Crippen LogP contribution < -0.4 is 24.8 Å². The van der Waals surface area contributed by atoms with Gasteiger partial charge >= 0.3 is 6.18 Å². The van der Waals surface area contributed by atoms with Crippen LogP contribution >= 0.6 is 11.3 Å². The molecule has 13 nitrogen and oxygen atoms in total. The number of benzene rings is 2. The van der Waals surface area contributed by atoms with Gasteiger partial charge in [-0.15, -0.1) is 24.5 Å². The van der Waals surface area contributed by atoms with E-state index < -0.39 is 74.4 Å². The van der Waals surface area contributed by atoms with Crippen LogP contribution in [0.15, 0.2) is 73.2 Å². The monoisotopic (exact) mass is 936 g/mol. The molecule has 1 saturated heterocycles. The van der Waals surface area contributed by atoms with Crippen molar-refractivity contribution in [1.29, 1.82) is 0 Å². The van der Waals surface area contributed by atoms with Crippen molar-refractivity contribution < 1.29 is 45.4 Å². The van der Waals surface area contributed by atoms with Gasteiger partial charge in [0, 0.05) is 40.4 Å². The summed E-state index contributed by atoms with van der Waals surface area (Å²) in [6.45, 7) is 13.4. The molecule has 348 valence electrons. The van der Waals surface area contributed by atoms with Gasteiger partial charge in [0.05, 0.1) is 35.7 Å². The van der Waals surface area contributed by atoms with Gasteiger partial charge < -0.3 is 25.0 Å². The zero-order valence-electron chi connectivity index (χ0n) is 36.9. The maximum atomic E-state index is 15.0. The fraction of sp³-hybridized carbons (Fsp3) is 0.468. The molecule has 3 aliphatic rings. The van der Waals surface area contributed by atoms with Crippen LogP contribution in [0, 0.1) is 12.8 Å². The Kier molecular flexibility index (Phi) is 14.0. The molecule has 3 N–H and O–H groups in total. The fourth-order valence-corrected chi connectivity index (χ4v) is 10.6. The molecule has 5 atom stereocenters. The quantitative estimate of drug-likeness (QED) is 0.0578. The normalized spacial score (nSPS) is 21.2. The minimum absolute atomic E-state index is 0.0486. The number of amides is 3. The van der Waals surface area contributed by atoms with E-state index in [1.165, 1.54) is 34.4 Å². The SMILES string of the molecule is C=CCCCCC[C@H](Nc1cccc(C(F)(F)F)c1)C(=O)N1C[C@H](Oc2cc(-c3nc(C(C)C)cs3)nc3c(C)c(OC)ccc23)C[C@H]1C(=O)N[C@]1(C(=O)NS(=O)(=O)C2CC2)C[C@H]1C=C. The minimum Gasteiger partial charge on any atom is -0.496 e. The third kappa shape index (κ3) is 10.5. The maximum absolute atomic E-state index is 15.0.